The third-order valence-electron chi connectivity index (χ3n) is 4.07. The van der Waals surface area contributed by atoms with Crippen LogP contribution in [-0.2, 0) is 13.1 Å². The average molecular weight is 314 g/mol. The van der Waals surface area contributed by atoms with Crippen LogP contribution in [0.4, 0.5) is 0 Å². The molecule has 1 amide bonds. The summed E-state index contributed by atoms with van der Waals surface area (Å²) in [7, 11) is 2.05. The number of imidazole rings is 1. The average Bonchev–Trinajstić information content (AvgIpc) is 2.94. The second-order valence-corrected chi connectivity index (χ2v) is 5.82. The van der Waals surface area contributed by atoms with Crippen LogP contribution in [0.2, 0.25) is 0 Å². The molecule has 2 heterocycles. The number of hydrogen-bond donors (Lipinski definition) is 2. The third-order valence-corrected chi connectivity index (χ3v) is 4.07. The highest BCUT2D eigenvalue weighted by Crippen LogP contribution is 2.25. The zero-order valence-corrected chi connectivity index (χ0v) is 13.3. The lowest BCUT2D eigenvalue weighted by molar-refractivity contribution is 0.0943. The summed E-state index contributed by atoms with van der Waals surface area (Å²) in [6, 6.07) is 9.96. The summed E-state index contributed by atoms with van der Waals surface area (Å²) in [5, 5.41) is 11.7. The summed E-state index contributed by atoms with van der Waals surface area (Å²) >= 11 is 0. The monoisotopic (exact) mass is 314 g/mol. The van der Waals surface area contributed by atoms with E-state index in [1.54, 1.807) is 0 Å². The quantitative estimate of drug-likeness (QED) is 0.811. The molecule has 1 aromatic heterocycles. The van der Waals surface area contributed by atoms with Gasteiger partial charge in [0, 0.05) is 38.3 Å². The first-order valence-electron chi connectivity index (χ1n) is 7.93. The normalized spacial score (nSPS) is 14.5. The van der Waals surface area contributed by atoms with Crippen LogP contribution in [0.15, 0.2) is 30.3 Å². The number of rotatable bonds is 5. The molecule has 0 fully saturated rings. The molecule has 122 valence electrons. The molecule has 3 rings (SSSR count). The van der Waals surface area contributed by atoms with Gasteiger partial charge < -0.3 is 15.0 Å². The van der Waals surface area contributed by atoms with Crippen molar-refractivity contribution in [2.24, 2.45) is 0 Å². The molecular weight excluding hydrogens is 292 g/mol. The molecule has 1 aromatic carbocycles. The van der Waals surface area contributed by atoms with Crippen molar-refractivity contribution in [2.75, 3.05) is 26.7 Å². The zero-order valence-electron chi connectivity index (χ0n) is 13.3. The Hall–Kier alpha value is -2.18. The number of carbonyl (C=O) groups excluding carboxylic acids is 1. The Kier molecular flexibility index (Phi) is 4.73. The van der Waals surface area contributed by atoms with E-state index in [4.69, 9.17) is 5.11 Å². The van der Waals surface area contributed by atoms with Gasteiger partial charge in [0.25, 0.3) is 5.91 Å². The number of aliphatic hydroxyl groups is 1. The Labute approximate surface area is 135 Å². The molecule has 23 heavy (non-hydrogen) atoms. The number of aromatic nitrogens is 2. The molecule has 0 unspecified atom stereocenters. The molecule has 0 spiro atoms. The topological polar surface area (TPSA) is 70.4 Å². The molecular formula is C17H22N4O2. The van der Waals surface area contributed by atoms with E-state index in [0.29, 0.717) is 25.2 Å². The number of hydrogen-bond acceptors (Lipinski definition) is 4. The summed E-state index contributed by atoms with van der Waals surface area (Å²) in [4.78, 5) is 19.3. The Morgan fingerprint density at radius 1 is 1.30 bits per heavy atom. The maximum absolute atomic E-state index is 12.5. The first-order valence-corrected chi connectivity index (χ1v) is 7.93. The number of nitrogens with zero attached hydrogens (tertiary/aromatic N) is 3. The Bertz CT molecular complexity index is 681. The van der Waals surface area contributed by atoms with E-state index < -0.39 is 0 Å². The van der Waals surface area contributed by atoms with Crippen LogP contribution in [0.25, 0.3) is 11.4 Å². The Morgan fingerprint density at radius 2 is 2.09 bits per heavy atom. The van der Waals surface area contributed by atoms with Crippen LogP contribution >= 0.6 is 0 Å². The molecule has 0 aliphatic carbocycles. The van der Waals surface area contributed by atoms with Gasteiger partial charge in [0.2, 0.25) is 0 Å². The molecule has 0 radical (unpaired) electrons. The van der Waals surface area contributed by atoms with E-state index in [9.17, 15) is 4.79 Å². The van der Waals surface area contributed by atoms with Crippen LogP contribution in [0, 0.1) is 0 Å². The second kappa shape index (κ2) is 6.93. The van der Waals surface area contributed by atoms with E-state index in [-0.39, 0.29) is 12.5 Å². The summed E-state index contributed by atoms with van der Waals surface area (Å²) in [5.41, 5.74) is 2.47. The van der Waals surface area contributed by atoms with E-state index in [1.165, 1.54) is 0 Å². The summed E-state index contributed by atoms with van der Waals surface area (Å²) in [6.45, 7) is 3.00. The highest BCUT2D eigenvalue weighted by atomic mass is 16.3. The summed E-state index contributed by atoms with van der Waals surface area (Å²) < 4.78 is 2.15. The molecule has 2 aromatic rings. The van der Waals surface area contributed by atoms with E-state index >= 15 is 0 Å². The number of amides is 1. The Balaban J connectivity index is 1.96. The number of nitrogens with one attached hydrogen (secondary N) is 1. The van der Waals surface area contributed by atoms with Crippen LogP contribution in [0.1, 0.15) is 22.6 Å². The number of aliphatic hydroxyl groups excluding tert-OH is 1. The SMILES string of the molecule is CN1CCn2c(-c3ccccc3)nc(C(=O)NCCCO)c2C1. The molecule has 6 heteroatoms. The fourth-order valence-corrected chi connectivity index (χ4v) is 2.85. The predicted octanol–water partition coefficient (Wildman–Crippen LogP) is 1.11. The van der Waals surface area contributed by atoms with Crippen molar-refractivity contribution in [3.05, 3.63) is 41.7 Å². The lowest BCUT2D eigenvalue weighted by Crippen LogP contribution is -2.33. The van der Waals surface area contributed by atoms with Gasteiger partial charge in [-0.1, -0.05) is 30.3 Å². The van der Waals surface area contributed by atoms with Crippen LogP contribution in [0.5, 0.6) is 0 Å². The number of benzene rings is 1. The van der Waals surface area contributed by atoms with Crippen molar-refractivity contribution in [3.8, 4) is 11.4 Å². The van der Waals surface area contributed by atoms with Crippen molar-refractivity contribution < 1.29 is 9.90 Å². The second-order valence-electron chi connectivity index (χ2n) is 5.82. The van der Waals surface area contributed by atoms with Gasteiger partial charge in [-0.2, -0.15) is 0 Å². The standard InChI is InChI=1S/C17H22N4O2/c1-20-9-10-21-14(12-20)15(17(23)18-8-5-11-22)19-16(21)13-6-3-2-4-7-13/h2-4,6-7,22H,5,8-12H2,1H3,(H,18,23). The van der Waals surface area contributed by atoms with Gasteiger partial charge in [-0.25, -0.2) is 4.98 Å². The lowest BCUT2D eigenvalue weighted by atomic mass is 10.2. The van der Waals surface area contributed by atoms with Gasteiger partial charge in [0.1, 0.15) is 5.82 Å². The maximum atomic E-state index is 12.5. The van der Waals surface area contributed by atoms with Gasteiger partial charge >= 0.3 is 0 Å². The Morgan fingerprint density at radius 3 is 2.83 bits per heavy atom. The van der Waals surface area contributed by atoms with Crippen molar-refractivity contribution in [3.63, 3.8) is 0 Å². The van der Waals surface area contributed by atoms with Crippen LogP contribution < -0.4 is 5.32 Å². The molecule has 1 aliphatic rings. The first kappa shape index (κ1) is 15.7. The van der Waals surface area contributed by atoms with Gasteiger partial charge in [-0.05, 0) is 13.5 Å². The highest BCUT2D eigenvalue weighted by Gasteiger charge is 2.26. The van der Waals surface area contributed by atoms with Crippen LogP contribution in [-0.4, -0.2) is 52.2 Å². The number of carbonyl (C=O) groups is 1. The first-order chi connectivity index (χ1) is 11.2. The minimum atomic E-state index is -0.167. The van der Waals surface area contributed by atoms with Gasteiger partial charge in [0.05, 0.1) is 5.69 Å². The summed E-state index contributed by atoms with van der Waals surface area (Å²) in [6.07, 6.45) is 0.549. The molecule has 0 saturated heterocycles. The predicted molar refractivity (Wildman–Crippen MR) is 88.0 cm³/mol. The maximum Gasteiger partial charge on any atom is 0.271 e. The fraction of sp³-hybridized carbons (Fsp3) is 0.412. The summed E-state index contributed by atoms with van der Waals surface area (Å²) in [5.74, 6) is 0.681. The van der Waals surface area contributed by atoms with E-state index in [0.717, 1.165) is 30.2 Å². The molecule has 0 atom stereocenters. The number of fused-ring (bicyclic) bond motifs is 1. The van der Waals surface area contributed by atoms with Crippen LogP contribution in [0.3, 0.4) is 0 Å². The molecule has 1 aliphatic heterocycles. The van der Waals surface area contributed by atoms with Crippen molar-refractivity contribution in [2.45, 2.75) is 19.5 Å². The van der Waals surface area contributed by atoms with Gasteiger partial charge in [0.15, 0.2) is 5.69 Å². The van der Waals surface area contributed by atoms with Crippen molar-refractivity contribution >= 4 is 5.91 Å². The number of likely N-dealkylation sites (N-methyl/N-ethyl adjacent to an activating group) is 1. The van der Waals surface area contributed by atoms with Gasteiger partial charge in [-0.3, -0.25) is 9.69 Å². The lowest BCUT2D eigenvalue weighted by Gasteiger charge is -2.25. The van der Waals surface area contributed by atoms with E-state index in [1.807, 2.05) is 37.4 Å². The minimum absolute atomic E-state index is 0.0690. The van der Waals surface area contributed by atoms with E-state index in [2.05, 4.69) is 19.8 Å². The zero-order chi connectivity index (χ0) is 16.2. The molecule has 0 saturated carbocycles. The van der Waals surface area contributed by atoms with Crippen molar-refractivity contribution in [1.29, 1.82) is 0 Å². The minimum Gasteiger partial charge on any atom is -0.396 e. The molecule has 6 nitrogen and oxygen atoms in total. The van der Waals surface area contributed by atoms with Crippen molar-refractivity contribution in [1.82, 2.24) is 19.8 Å². The van der Waals surface area contributed by atoms with Gasteiger partial charge in [-0.15, -0.1) is 0 Å². The fourth-order valence-electron chi connectivity index (χ4n) is 2.85. The molecule has 0 bridgehead atoms. The smallest absolute Gasteiger partial charge is 0.271 e. The highest BCUT2D eigenvalue weighted by molar-refractivity contribution is 5.94. The molecule has 2 N–H and O–H groups in total. The third kappa shape index (κ3) is 3.28. The largest absolute Gasteiger partial charge is 0.396 e.